The van der Waals surface area contributed by atoms with Crippen LogP contribution in [-0.2, 0) is 0 Å². The van der Waals surface area contributed by atoms with Crippen molar-refractivity contribution in [2.75, 3.05) is 33.0 Å². The molecule has 8 heteroatoms. The lowest BCUT2D eigenvalue weighted by molar-refractivity contribution is -0.137. The van der Waals surface area contributed by atoms with Gasteiger partial charge in [-0.1, -0.05) is 0 Å². The second-order valence-electron chi connectivity index (χ2n) is 6.10. The van der Waals surface area contributed by atoms with Crippen LogP contribution >= 0.6 is 0 Å². The number of nitrogens with one attached hydrogen (secondary N) is 1. The summed E-state index contributed by atoms with van der Waals surface area (Å²) >= 11 is 0. The van der Waals surface area contributed by atoms with Crippen LogP contribution in [0.3, 0.4) is 0 Å². The number of carbonyl (C=O) groups is 1. The molecule has 2 heterocycles. The zero-order valence-corrected chi connectivity index (χ0v) is 13.1. The number of carbonyl (C=O) groups excluding carboxylic acids is 1. The summed E-state index contributed by atoms with van der Waals surface area (Å²) in [5.41, 5.74) is 0.478. The Balaban J connectivity index is 1.44. The Kier molecular flexibility index (Phi) is 4.84. The minimum absolute atomic E-state index is 0.0239. The van der Waals surface area contributed by atoms with E-state index in [1.165, 1.54) is 0 Å². The number of likely N-dealkylation sites (tertiary alicyclic amines) is 1. The van der Waals surface area contributed by atoms with Gasteiger partial charge in [-0.05, 0) is 37.1 Å². The molecule has 1 unspecified atom stereocenters. The molecule has 2 aliphatic rings. The Labute approximate surface area is 137 Å². The molecule has 0 aromatic heterocycles. The van der Waals surface area contributed by atoms with Crippen LogP contribution in [0.4, 0.5) is 13.2 Å². The van der Waals surface area contributed by atoms with Gasteiger partial charge in [0.2, 0.25) is 6.79 Å². The van der Waals surface area contributed by atoms with Gasteiger partial charge in [0.25, 0.3) is 5.91 Å². The molecule has 24 heavy (non-hydrogen) atoms. The van der Waals surface area contributed by atoms with Gasteiger partial charge in [-0.3, -0.25) is 4.79 Å². The summed E-state index contributed by atoms with van der Waals surface area (Å²) in [7, 11) is 0. The van der Waals surface area contributed by atoms with Gasteiger partial charge in [0.05, 0.1) is 6.42 Å². The van der Waals surface area contributed by atoms with E-state index >= 15 is 0 Å². The molecule has 1 aromatic rings. The van der Waals surface area contributed by atoms with Crippen LogP contribution in [-0.4, -0.2) is 50.0 Å². The first-order valence-electron chi connectivity index (χ1n) is 7.88. The molecule has 0 saturated carbocycles. The van der Waals surface area contributed by atoms with E-state index < -0.39 is 12.6 Å². The van der Waals surface area contributed by atoms with Gasteiger partial charge in [-0.15, -0.1) is 0 Å². The number of benzene rings is 1. The number of halogens is 3. The predicted octanol–water partition coefficient (Wildman–Crippen LogP) is 2.42. The zero-order chi connectivity index (χ0) is 17.2. The fourth-order valence-corrected chi connectivity index (χ4v) is 2.94. The van der Waals surface area contributed by atoms with Crippen molar-refractivity contribution in [3.8, 4) is 11.5 Å². The molecule has 1 saturated heterocycles. The predicted molar refractivity (Wildman–Crippen MR) is 80.1 cm³/mol. The van der Waals surface area contributed by atoms with E-state index in [1.54, 1.807) is 23.1 Å². The monoisotopic (exact) mass is 344 g/mol. The molecule has 0 bridgehead atoms. The number of amides is 1. The number of hydrogen-bond acceptors (Lipinski definition) is 4. The number of ether oxygens (including phenoxy) is 2. The van der Waals surface area contributed by atoms with Gasteiger partial charge in [0, 0.05) is 25.2 Å². The van der Waals surface area contributed by atoms with Crippen molar-refractivity contribution < 1.29 is 27.4 Å². The standard InChI is InChI=1S/C16H19F3N2O3/c17-16(18,19)4-6-21-5-3-11(9-21)8-20-15(22)12-1-2-13-14(7-12)24-10-23-13/h1-2,7,11H,3-6,8-10H2,(H,20,22). The molecule has 0 aliphatic carbocycles. The highest BCUT2D eigenvalue weighted by Crippen LogP contribution is 2.32. The van der Waals surface area contributed by atoms with Crippen molar-refractivity contribution in [1.29, 1.82) is 0 Å². The van der Waals surface area contributed by atoms with Gasteiger partial charge in [-0.2, -0.15) is 13.2 Å². The number of fused-ring (bicyclic) bond motifs is 1. The molecule has 1 N–H and O–H groups in total. The van der Waals surface area contributed by atoms with E-state index in [0.717, 1.165) is 6.42 Å². The molecule has 1 amide bonds. The van der Waals surface area contributed by atoms with E-state index in [9.17, 15) is 18.0 Å². The summed E-state index contributed by atoms with van der Waals surface area (Å²) in [6.45, 7) is 1.85. The van der Waals surface area contributed by atoms with Gasteiger partial charge in [-0.25, -0.2) is 0 Å². The maximum absolute atomic E-state index is 12.2. The Bertz CT molecular complexity index is 607. The van der Waals surface area contributed by atoms with Gasteiger partial charge >= 0.3 is 6.18 Å². The molecule has 1 atom stereocenters. The van der Waals surface area contributed by atoms with Crippen LogP contribution in [0.1, 0.15) is 23.2 Å². The molecule has 5 nitrogen and oxygen atoms in total. The molecular weight excluding hydrogens is 325 g/mol. The molecule has 3 rings (SSSR count). The normalized spacial score (nSPS) is 20.4. The Morgan fingerprint density at radius 3 is 2.88 bits per heavy atom. The molecule has 1 fully saturated rings. The number of alkyl halides is 3. The van der Waals surface area contributed by atoms with E-state index in [1.807, 2.05) is 0 Å². The van der Waals surface area contributed by atoms with E-state index in [-0.39, 0.29) is 25.2 Å². The van der Waals surface area contributed by atoms with Crippen molar-refractivity contribution >= 4 is 5.91 Å². The highest BCUT2D eigenvalue weighted by molar-refractivity contribution is 5.94. The summed E-state index contributed by atoms with van der Waals surface area (Å²) in [5.74, 6) is 1.11. The van der Waals surface area contributed by atoms with Crippen molar-refractivity contribution in [3.63, 3.8) is 0 Å². The maximum atomic E-state index is 12.2. The lowest BCUT2D eigenvalue weighted by Crippen LogP contribution is -2.31. The molecule has 0 radical (unpaired) electrons. The molecule has 1 aromatic carbocycles. The maximum Gasteiger partial charge on any atom is 0.390 e. The Morgan fingerprint density at radius 1 is 1.29 bits per heavy atom. The number of hydrogen-bond donors (Lipinski definition) is 1. The first kappa shape index (κ1) is 16.9. The lowest BCUT2D eigenvalue weighted by atomic mass is 10.1. The SMILES string of the molecule is O=C(NCC1CCN(CCC(F)(F)F)C1)c1ccc2c(c1)OCO2. The van der Waals surface area contributed by atoms with Gasteiger partial charge < -0.3 is 19.7 Å². The third kappa shape index (κ3) is 4.31. The quantitative estimate of drug-likeness (QED) is 0.891. The summed E-state index contributed by atoms with van der Waals surface area (Å²) in [5, 5.41) is 2.84. The highest BCUT2D eigenvalue weighted by Gasteiger charge is 2.30. The topological polar surface area (TPSA) is 50.8 Å². The fraction of sp³-hybridized carbons (Fsp3) is 0.562. The first-order chi connectivity index (χ1) is 11.4. The Hall–Kier alpha value is -1.96. The number of rotatable bonds is 5. The Morgan fingerprint density at radius 2 is 2.08 bits per heavy atom. The van der Waals surface area contributed by atoms with Crippen molar-refractivity contribution in [3.05, 3.63) is 23.8 Å². The largest absolute Gasteiger partial charge is 0.454 e. The second kappa shape index (κ2) is 6.88. The third-order valence-corrected chi connectivity index (χ3v) is 4.27. The van der Waals surface area contributed by atoms with Crippen LogP contribution in [0.2, 0.25) is 0 Å². The lowest BCUT2D eigenvalue weighted by Gasteiger charge is -2.17. The van der Waals surface area contributed by atoms with Crippen molar-refractivity contribution in [2.45, 2.75) is 19.0 Å². The molecule has 132 valence electrons. The van der Waals surface area contributed by atoms with Crippen LogP contribution in [0.25, 0.3) is 0 Å². The summed E-state index contributed by atoms with van der Waals surface area (Å²) in [6, 6.07) is 4.97. The van der Waals surface area contributed by atoms with Gasteiger partial charge in [0.15, 0.2) is 11.5 Å². The number of nitrogens with zero attached hydrogens (tertiary/aromatic N) is 1. The molecular formula is C16H19F3N2O3. The summed E-state index contributed by atoms with van der Waals surface area (Å²) < 4.78 is 47.1. The average Bonchev–Trinajstić information content (AvgIpc) is 3.18. The fourth-order valence-electron chi connectivity index (χ4n) is 2.94. The van der Waals surface area contributed by atoms with Crippen molar-refractivity contribution in [1.82, 2.24) is 10.2 Å². The van der Waals surface area contributed by atoms with Crippen molar-refractivity contribution in [2.24, 2.45) is 5.92 Å². The van der Waals surface area contributed by atoms with Crippen LogP contribution in [0.15, 0.2) is 18.2 Å². The summed E-state index contributed by atoms with van der Waals surface area (Å²) in [6.07, 6.45) is -4.12. The smallest absolute Gasteiger partial charge is 0.390 e. The second-order valence-corrected chi connectivity index (χ2v) is 6.10. The minimum Gasteiger partial charge on any atom is -0.454 e. The van der Waals surface area contributed by atoms with Crippen LogP contribution in [0.5, 0.6) is 11.5 Å². The van der Waals surface area contributed by atoms with Crippen LogP contribution < -0.4 is 14.8 Å². The summed E-state index contributed by atoms with van der Waals surface area (Å²) in [4.78, 5) is 14.0. The zero-order valence-electron chi connectivity index (χ0n) is 13.1. The highest BCUT2D eigenvalue weighted by atomic mass is 19.4. The van der Waals surface area contributed by atoms with Gasteiger partial charge in [0.1, 0.15) is 0 Å². The molecule has 0 spiro atoms. The van der Waals surface area contributed by atoms with E-state index in [4.69, 9.17) is 9.47 Å². The van der Waals surface area contributed by atoms with E-state index in [2.05, 4.69) is 5.32 Å². The first-order valence-corrected chi connectivity index (χ1v) is 7.88. The minimum atomic E-state index is -4.12. The third-order valence-electron chi connectivity index (χ3n) is 4.27. The average molecular weight is 344 g/mol. The molecule has 2 aliphatic heterocycles. The van der Waals surface area contributed by atoms with Crippen LogP contribution in [0, 0.1) is 5.92 Å². The van der Waals surface area contributed by atoms with E-state index in [0.29, 0.717) is 36.7 Å².